The average Bonchev–Trinajstić information content (AvgIpc) is 2.84. The lowest BCUT2D eigenvalue weighted by atomic mass is 9.89. The van der Waals surface area contributed by atoms with Crippen LogP contribution in [0.1, 0.15) is 13.8 Å². The second-order valence-corrected chi connectivity index (χ2v) is 3.52. The van der Waals surface area contributed by atoms with Crippen molar-refractivity contribution in [3.05, 3.63) is 22.8 Å². The van der Waals surface area contributed by atoms with Gasteiger partial charge >= 0.3 is 0 Å². The van der Waals surface area contributed by atoms with Gasteiger partial charge in [0.15, 0.2) is 11.6 Å². The van der Waals surface area contributed by atoms with Crippen LogP contribution in [0.2, 0.25) is 0 Å². The second kappa shape index (κ2) is 2.64. The van der Waals surface area contributed by atoms with Gasteiger partial charge in [0, 0.05) is 29.3 Å². The van der Waals surface area contributed by atoms with E-state index in [2.05, 4.69) is 5.32 Å². The van der Waals surface area contributed by atoms with Gasteiger partial charge in [0.25, 0.3) is 0 Å². The lowest BCUT2D eigenvalue weighted by Gasteiger charge is -2.12. The maximum Gasteiger partial charge on any atom is 0.185 e. The van der Waals surface area contributed by atoms with Crippen LogP contribution < -0.4 is 5.32 Å². The summed E-state index contributed by atoms with van der Waals surface area (Å²) in [5.74, 6) is -0.00657. The highest BCUT2D eigenvalue weighted by atomic mass is 16.1. The molecule has 0 bridgehead atoms. The summed E-state index contributed by atoms with van der Waals surface area (Å²) in [4.78, 5) is 23.0. The maximum absolute atomic E-state index is 11.5. The fraction of sp³-hybridized carbons (Fsp3) is 0.400. The topological polar surface area (TPSA) is 56.1 Å². The van der Waals surface area contributed by atoms with Crippen LogP contribution in [-0.2, 0) is 9.59 Å². The minimum atomic E-state index is -0.00963. The van der Waals surface area contributed by atoms with Crippen LogP contribution in [0.5, 0.6) is 0 Å². The molecule has 1 aliphatic carbocycles. The Balaban J connectivity index is 2.43. The van der Waals surface area contributed by atoms with Crippen LogP contribution in [0.15, 0.2) is 22.8 Å². The summed E-state index contributed by atoms with van der Waals surface area (Å²) in [7, 11) is 0. The van der Waals surface area contributed by atoms with E-state index < -0.39 is 0 Å². The number of hydrogen-bond donors (Lipinski definition) is 1. The van der Waals surface area contributed by atoms with Gasteiger partial charge < -0.3 is 5.32 Å². The molecule has 1 heterocycles. The molecule has 0 unspecified atom stereocenters. The molecule has 1 aliphatic heterocycles. The Labute approximate surface area is 76.5 Å². The monoisotopic (exact) mass is 177 g/mol. The Morgan fingerprint density at radius 3 is 2.54 bits per heavy atom. The largest absolute Gasteiger partial charge is 0.307 e. The molecule has 0 aromatic rings. The molecule has 0 aromatic heterocycles. The van der Waals surface area contributed by atoms with Crippen molar-refractivity contribution in [2.75, 3.05) is 6.54 Å². The third-order valence-electron chi connectivity index (χ3n) is 2.47. The van der Waals surface area contributed by atoms with Crippen molar-refractivity contribution < 1.29 is 9.59 Å². The number of ketones is 2. The highest BCUT2D eigenvalue weighted by molar-refractivity contribution is 6.22. The molecule has 0 amide bonds. The van der Waals surface area contributed by atoms with Crippen molar-refractivity contribution in [3.63, 3.8) is 0 Å². The zero-order valence-corrected chi connectivity index (χ0v) is 7.68. The molecule has 0 aromatic carbocycles. The highest BCUT2D eigenvalue weighted by Gasteiger charge is 2.34. The van der Waals surface area contributed by atoms with Gasteiger partial charge in [-0.05, 0) is 19.9 Å². The molecule has 3 heteroatoms. The number of nitrogens with one attached hydrogen (secondary N) is 1. The molecule has 1 atom stereocenters. The Morgan fingerprint density at radius 1 is 1.38 bits per heavy atom. The Morgan fingerprint density at radius 2 is 2.00 bits per heavy atom. The number of rotatable bonds is 1. The second-order valence-electron chi connectivity index (χ2n) is 3.52. The summed E-state index contributed by atoms with van der Waals surface area (Å²) in [5.41, 5.74) is 1.82. The van der Waals surface area contributed by atoms with Crippen LogP contribution >= 0.6 is 0 Å². The van der Waals surface area contributed by atoms with E-state index in [0.717, 1.165) is 6.54 Å². The lowest BCUT2D eigenvalue weighted by Crippen LogP contribution is -2.20. The first-order valence-corrected chi connectivity index (χ1v) is 4.32. The van der Waals surface area contributed by atoms with Crippen LogP contribution in [0, 0.1) is 0 Å². The molecule has 0 radical (unpaired) electrons. The minimum Gasteiger partial charge on any atom is -0.307 e. The third-order valence-corrected chi connectivity index (χ3v) is 2.47. The molecule has 0 spiro atoms. The summed E-state index contributed by atoms with van der Waals surface area (Å²) in [5, 5.41) is 3.04. The van der Waals surface area contributed by atoms with E-state index in [1.807, 2.05) is 0 Å². The van der Waals surface area contributed by atoms with E-state index >= 15 is 0 Å². The zero-order chi connectivity index (χ0) is 9.59. The quantitative estimate of drug-likeness (QED) is 0.465. The van der Waals surface area contributed by atoms with E-state index in [9.17, 15) is 9.59 Å². The molecule has 1 saturated heterocycles. The van der Waals surface area contributed by atoms with Gasteiger partial charge in [-0.3, -0.25) is 9.59 Å². The number of Topliss-reactive ketones (excluding diaryl/α,β-unsaturated/α-hetero) is 1. The van der Waals surface area contributed by atoms with Crippen molar-refractivity contribution in [3.8, 4) is 0 Å². The summed E-state index contributed by atoms with van der Waals surface area (Å²) >= 11 is 0. The van der Waals surface area contributed by atoms with Crippen molar-refractivity contribution in [2.24, 2.45) is 0 Å². The zero-order valence-electron chi connectivity index (χ0n) is 7.68. The van der Waals surface area contributed by atoms with Crippen molar-refractivity contribution >= 4 is 11.6 Å². The van der Waals surface area contributed by atoms with E-state index in [-0.39, 0.29) is 17.6 Å². The molecule has 1 N–H and O–H groups in total. The van der Waals surface area contributed by atoms with Gasteiger partial charge in [-0.1, -0.05) is 0 Å². The third kappa shape index (κ3) is 1.25. The maximum atomic E-state index is 11.5. The van der Waals surface area contributed by atoms with Crippen LogP contribution in [0.3, 0.4) is 0 Å². The number of carbonyl (C=O) groups is 2. The van der Waals surface area contributed by atoms with Crippen LogP contribution in [0.4, 0.5) is 0 Å². The number of allylic oxidation sites excluding steroid dienone is 3. The predicted molar refractivity (Wildman–Crippen MR) is 48.3 cm³/mol. The van der Waals surface area contributed by atoms with Gasteiger partial charge in [0.2, 0.25) is 0 Å². The van der Waals surface area contributed by atoms with Gasteiger partial charge in [-0.25, -0.2) is 0 Å². The molecule has 68 valence electrons. The minimum absolute atomic E-state index is 0.00306. The molecular weight excluding hydrogens is 166 g/mol. The lowest BCUT2D eigenvalue weighted by molar-refractivity contribution is -0.115. The highest BCUT2D eigenvalue weighted by Crippen LogP contribution is 2.24. The van der Waals surface area contributed by atoms with Crippen molar-refractivity contribution in [1.29, 1.82) is 0 Å². The van der Waals surface area contributed by atoms with Gasteiger partial charge in [0.05, 0.1) is 0 Å². The van der Waals surface area contributed by atoms with Gasteiger partial charge in [-0.2, -0.15) is 0 Å². The fourth-order valence-electron chi connectivity index (χ4n) is 1.64. The molecule has 3 nitrogen and oxygen atoms in total. The van der Waals surface area contributed by atoms with E-state index in [0.29, 0.717) is 16.7 Å². The number of hydrogen-bond acceptors (Lipinski definition) is 3. The summed E-state index contributed by atoms with van der Waals surface area (Å²) < 4.78 is 0. The van der Waals surface area contributed by atoms with E-state index in [1.54, 1.807) is 13.8 Å². The Kier molecular flexibility index (Phi) is 1.70. The van der Waals surface area contributed by atoms with Crippen LogP contribution in [-0.4, -0.2) is 24.2 Å². The smallest absolute Gasteiger partial charge is 0.185 e. The number of carbonyl (C=O) groups excluding carboxylic acids is 2. The van der Waals surface area contributed by atoms with Gasteiger partial charge in [0.1, 0.15) is 0 Å². The fourth-order valence-corrected chi connectivity index (χ4v) is 1.64. The van der Waals surface area contributed by atoms with Crippen molar-refractivity contribution in [1.82, 2.24) is 5.32 Å². The normalized spacial score (nSPS) is 27.8. The van der Waals surface area contributed by atoms with Crippen LogP contribution in [0.25, 0.3) is 0 Å². The first-order valence-electron chi connectivity index (χ1n) is 4.32. The van der Waals surface area contributed by atoms with E-state index in [1.165, 1.54) is 6.08 Å². The first kappa shape index (κ1) is 8.38. The molecule has 2 rings (SSSR count). The van der Waals surface area contributed by atoms with E-state index in [4.69, 9.17) is 0 Å². The Bertz CT molecular complexity index is 359. The summed E-state index contributed by atoms with van der Waals surface area (Å²) in [6.45, 7) is 4.23. The van der Waals surface area contributed by atoms with Gasteiger partial charge in [-0.15, -0.1) is 0 Å². The summed E-state index contributed by atoms with van der Waals surface area (Å²) in [6.07, 6.45) is 1.44. The van der Waals surface area contributed by atoms with Crippen molar-refractivity contribution in [2.45, 2.75) is 19.9 Å². The standard InChI is InChI=1S/C10H11NO2/c1-5-3-8(12)9(7-4-11-7)6(2)10(5)13/h3,7,11H,4H2,1-2H3/t7-/m0/s1. The summed E-state index contributed by atoms with van der Waals surface area (Å²) in [6, 6.07) is 0.126. The molecule has 13 heavy (non-hydrogen) atoms. The predicted octanol–water partition coefficient (Wildman–Crippen LogP) is 0.373. The Hall–Kier alpha value is -1.22. The molecule has 2 aliphatic rings. The molecule has 0 saturated carbocycles. The first-order chi connectivity index (χ1) is 6.11. The SMILES string of the molecule is CC1=CC(=O)C([C@@H]2CN2)=C(C)C1=O. The molecule has 1 fully saturated rings. The average molecular weight is 177 g/mol. The molecular formula is C10H11NO2.